The van der Waals surface area contributed by atoms with E-state index in [1.165, 1.54) is 11.8 Å². The molecule has 0 spiro atoms. The summed E-state index contributed by atoms with van der Waals surface area (Å²) in [6, 6.07) is 7.09. The number of hydrogen-bond acceptors (Lipinski definition) is 2. The van der Waals surface area contributed by atoms with Crippen molar-refractivity contribution in [3.8, 4) is 0 Å². The van der Waals surface area contributed by atoms with E-state index in [4.69, 9.17) is 5.11 Å². The molecule has 1 unspecified atom stereocenters. The van der Waals surface area contributed by atoms with Crippen LogP contribution in [0, 0.1) is 5.92 Å². The lowest BCUT2D eigenvalue weighted by molar-refractivity contribution is -0.145. The fourth-order valence-corrected chi connectivity index (χ4v) is 1.45. The molecule has 1 amide bonds. The number of carbonyl (C=O) groups excluding carboxylic acids is 1. The van der Waals surface area contributed by atoms with Crippen LogP contribution in [0.1, 0.15) is 6.92 Å². The lowest BCUT2D eigenvalue weighted by Gasteiger charge is -2.19. The predicted molar refractivity (Wildman–Crippen MR) is 64.4 cm³/mol. The summed E-state index contributed by atoms with van der Waals surface area (Å²) in [5.74, 6) is -2.59. The maximum absolute atomic E-state index is 11.7. The zero-order valence-electron chi connectivity index (χ0n) is 8.98. The Morgan fingerprint density at radius 3 is 2.25 bits per heavy atom. The molecule has 0 aliphatic heterocycles. The van der Waals surface area contributed by atoms with Gasteiger partial charge in [-0.1, -0.05) is 15.9 Å². The van der Waals surface area contributed by atoms with Gasteiger partial charge in [0.05, 0.1) is 0 Å². The molecule has 0 saturated heterocycles. The van der Waals surface area contributed by atoms with Crippen molar-refractivity contribution in [2.24, 2.45) is 5.92 Å². The maximum atomic E-state index is 11.7. The molecule has 0 fully saturated rings. The van der Waals surface area contributed by atoms with E-state index in [0.717, 1.165) is 4.47 Å². The van der Waals surface area contributed by atoms with E-state index < -0.39 is 17.8 Å². The molecule has 86 valence electrons. The van der Waals surface area contributed by atoms with E-state index >= 15 is 0 Å². The van der Waals surface area contributed by atoms with Gasteiger partial charge in [-0.15, -0.1) is 0 Å². The van der Waals surface area contributed by atoms with Crippen molar-refractivity contribution in [2.45, 2.75) is 6.92 Å². The van der Waals surface area contributed by atoms with E-state index in [9.17, 15) is 9.59 Å². The molecule has 1 N–H and O–H groups in total. The van der Waals surface area contributed by atoms with Gasteiger partial charge in [0.2, 0.25) is 5.91 Å². The highest BCUT2D eigenvalue weighted by atomic mass is 79.9. The van der Waals surface area contributed by atoms with Crippen LogP contribution in [-0.2, 0) is 9.59 Å². The minimum Gasteiger partial charge on any atom is -0.481 e. The molecule has 0 saturated carbocycles. The van der Waals surface area contributed by atoms with Crippen molar-refractivity contribution in [1.29, 1.82) is 0 Å². The number of halogens is 1. The molecule has 16 heavy (non-hydrogen) atoms. The maximum Gasteiger partial charge on any atom is 0.315 e. The highest BCUT2D eigenvalue weighted by molar-refractivity contribution is 9.10. The van der Waals surface area contributed by atoms with Crippen molar-refractivity contribution in [3.05, 3.63) is 28.7 Å². The second-order valence-corrected chi connectivity index (χ2v) is 4.35. The molecule has 1 atom stereocenters. The van der Waals surface area contributed by atoms with Crippen LogP contribution in [0.3, 0.4) is 0 Å². The summed E-state index contributed by atoms with van der Waals surface area (Å²) >= 11 is 3.29. The third kappa shape index (κ3) is 2.82. The van der Waals surface area contributed by atoms with Gasteiger partial charge in [-0.05, 0) is 31.2 Å². The van der Waals surface area contributed by atoms with Gasteiger partial charge < -0.3 is 10.0 Å². The molecule has 0 heterocycles. The Morgan fingerprint density at radius 2 is 1.81 bits per heavy atom. The zero-order chi connectivity index (χ0) is 12.3. The van der Waals surface area contributed by atoms with Crippen LogP contribution < -0.4 is 4.90 Å². The number of rotatable bonds is 3. The van der Waals surface area contributed by atoms with Crippen molar-refractivity contribution in [1.82, 2.24) is 0 Å². The van der Waals surface area contributed by atoms with Crippen LogP contribution in [-0.4, -0.2) is 24.0 Å². The molecule has 0 aromatic heterocycles. The summed E-state index contributed by atoms with van der Waals surface area (Å²) in [4.78, 5) is 23.7. The highest BCUT2D eigenvalue weighted by Crippen LogP contribution is 2.18. The smallest absolute Gasteiger partial charge is 0.315 e. The first-order chi connectivity index (χ1) is 7.43. The Hall–Kier alpha value is -1.36. The monoisotopic (exact) mass is 285 g/mol. The number of benzene rings is 1. The van der Waals surface area contributed by atoms with Crippen molar-refractivity contribution >= 4 is 33.5 Å². The largest absolute Gasteiger partial charge is 0.481 e. The van der Waals surface area contributed by atoms with Crippen LogP contribution >= 0.6 is 15.9 Å². The van der Waals surface area contributed by atoms with Crippen molar-refractivity contribution in [3.63, 3.8) is 0 Å². The van der Waals surface area contributed by atoms with Gasteiger partial charge in [-0.25, -0.2) is 0 Å². The third-order valence-corrected chi connectivity index (χ3v) is 2.81. The normalized spacial score (nSPS) is 11.9. The predicted octanol–water partition coefficient (Wildman–Crippen LogP) is 2.13. The summed E-state index contributed by atoms with van der Waals surface area (Å²) < 4.78 is 0.906. The minimum atomic E-state index is -1.12. The second kappa shape index (κ2) is 5.12. The zero-order valence-corrected chi connectivity index (χ0v) is 10.6. The van der Waals surface area contributed by atoms with Crippen molar-refractivity contribution in [2.75, 3.05) is 11.9 Å². The molecule has 0 bridgehead atoms. The molecular formula is C11H12BrNO3. The van der Waals surface area contributed by atoms with E-state index in [2.05, 4.69) is 15.9 Å². The molecule has 4 nitrogen and oxygen atoms in total. The van der Waals surface area contributed by atoms with Crippen molar-refractivity contribution < 1.29 is 14.7 Å². The first kappa shape index (κ1) is 12.7. The van der Waals surface area contributed by atoms with Gasteiger partial charge in [-0.3, -0.25) is 9.59 Å². The SMILES string of the molecule is CC(C(=O)O)C(=O)N(C)c1ccc(Br)cc1. The highest BCUT2D eigenvalue weighted by Gasteiger charge is 2.24. The first-order valence-corrected chi connectivity index (χ1v) is 5.48. The number of amides is 1. The Morgan fingerprint density at radius 1 is 1.31 bits per heavy atom. The first-order valence-electron chi connectivity index (χ1n) is 4.69. The Labute approximate surface area is 102 Å². The third-order valence-electron chi connectivity index (χ3n) is 2.29. The quantitative estimate of drug-likeness (QED) is 0.866. The second-order valence-electron chi connectivity index (χ2n) is 3.43. The number of aliphatic carboxylic acids is 1. The number of hydrogen-bond donors (Lipinski definition) is 1. The lowest BCUT2D eigenvalue weighted by atomic mass is 10.1. The Bertz CT molecular complexity index is 402. The molecule has 1 rings (SSSR count). The molecule has 1 aromatic rings. The number of carbonyl (C=O) groups is 2. The summed E-state index contributed by atoms with van der Waals surface area (Å²) in [5, 5.41) is 8.74. The molecule has 0 aliphatic carbocycles. The van der Waals surface area contributed by atoms with Crippen LogP contribution in [0.25, 0.3) is 0 Å². The van der Waals surface area contributed by atoms with Crippen LogP contribution in [0.15, 0.2) is 28.7 Å². The van der Waals surface area contributed by atoms with Gasteiger partial charge in [0.25, 0.3) is 0 Å². The number of carboxylic acid groups (broad SMARTS) is 1. The van der Waals surface area contributed by atoms with E-state index in [1.54, 1.807) is 31.3 Å². The molecule has 0 radical (unpaired) electrons. The fourth-order valence-electron chi connectivity index (χ4n) is 1.19. The van der Waals surface area contributed by atoms with Gasteiger partial charge in [0.15, 0.2) is 0 Å². The van der Waals surface area contributed by atoms with E-state index in [0.29, 0.717) is 5.69 Å². The van der Waals surface area contributed by atoms with Gasteiger partial charge in [-0.2, -0.15) is 0 Å². The van der Waals surface area contributed by atoms with E-state index in [-0.39, 0.29) is 0 Å². The summed E-state index contributed by atoms with van der Waals surface area (Å²) in [6.45, 7) is 1.38. The molecule has 1 aromatic carbocycles. The summed E-state index contributed by atoms with van der Waals surface area (Å²) in [5.41, 5.74) is 0.668. The van der Waals surface area contributed by atoms with Gasteiger partial charge in [0.1, 0.15) is 5.92 Å². The average molecular weight is 286 g/mol. The fraction of sp³-hybridized carbons (Fsp3) is 0.273. The molecule has 5 heteroatoms. The van der Waals surface area contributed by atoms with Gasteiger partial charge >= 0.3 is 5.97 Å². The number of nitrogens with zero attached hydrogens (tertiary/aromatic N) is 1. The Kier molecular flexibility index (Phi) is 4.06. The van der Waals surface area contributed by atoms with Crippen LogP contribution in [0.4, 0.5) is 5.69 Å². The molecule has 0 aliphatic rings. The molecular weight excluding hydrogens is 274 g/mol. The minimum absolute atomic E-state index is 0.435. The van der Waals surface area contributed by atoms with Crippen LogP contribution in [0.5, 0.6) is 0 Å². The lowest BCUT2D eigenvalue weighted by Crippen LogP contribution is -2.35. The summed E-state index contributed by atoms with van der Waals surface area (Å²) in [7, 11) is 1.56. The topological polar surface area (TPSA) is 57.6 Å². The van der Waals surface area contributed by atoms with E-state index in [1.807, 2.05) is 0 Å². The number of carboxylic acids is 1. The summed E-state index contributed by atoms with van der Waals surface area (Å²) in [6.07, 6.45) is 0. The van der Waals surface area contributed by atoms with Gasteiger partial charge in [0, 0.05) is 17.2 Å². The van der Waals surface area contributed by atoms with Crippen LogP contribution in [0.2, 0.25) is 0 Å². The number of anilines is 1. The average Bonchev–Trinajstić information content (AvgIpc) is 2.27. The Balaban J connectivity index is 2.85. The standard InChI is InChI=1S/C11H12BrNO3/c1-7(11(15)16)10(14)13(2)9-5-3-8(12)4-6-9/h3-7H,1-2H3,(H,15,16).